The van der Waals surface area contributed by atoms with E-state index in [4.69, 9.17) is 0 Å². The zero-order valence-electron chi connectivity index (χ0n) is 11.6. The van der Waals surface area contributed by atoms with E-state index >= 15 is 0 Å². The van der Waals surface area contributed by atoms with E-state index in [1.165, 1.54) is 23.9 Å². The molecule has 0 spiro atoms. The van der Waals surface area contributed by atoms with Gasteiger partial charge in [-0.3, -0.25) is 9.59 Å². The van der Waals surface area contributed by atoms with Crippen LogP contribution in [0.25, 0.3) is 0 Å². The molecule has 0 aliphatic heterocycles. The predicted molar refractivity (Wildman–Crippen MR) is 78.7 cm³/mol. The first-order chi connectivity index (χ1) is 9.60. The highest BCUT2D eigenvalue weighted by Gasteiger charge is 2.13. The lowest BCUT2D eigenvalue weighted by molar-refractivity contribution is 0.0935. The van der Waals surface area contributed by atoms with Crippen molar-refractivity contribution in [2.24, 2.45) is 0 Å². The third-order valence-corrected chi connectivity index (χ3v) is 3.24. The highest BCUT2D eigenvalue weighted by Crippen LogP contribution is 2.17. The minimum Gasteiger partial charge on any atom is -0.345 e. The summed E-state index contributed by atoms with van der Waals surface area (Å²) in [4.78, 5) is 25.6. The first-order valence-electron chi connectivity index (χ1n) is 6.66. The summed E-state index contributed by atoms with van der Waals surface area (Å²) in [7, 11) is 0. The molecule has 2 rings (SSSR count). The van der Waals surface area contributed by atoms with Crippen molar-refractivity contribution < 1.29 is 4.79 Å². The van der Waals surface area contributed by atoms with Crippen molar-refractivity contribution in [2.75, 3.05) is 0 Å². The molecule has 1 amide bonds. The molecule has 0 fully saturated rings. The van der Waals surface area contributed by atoms with Crippen LogP contribution in [0.2, 0.25) is 0 Å². The van der Waals surface area contributed by atoms with Crippen LogP contribution in [0.1, 0.15) is 40.9 Å². The second-order valence-electron chi connectivity index (χ2n) is 4.79. The number of aromatic nitrogens is 1. The van der Waals surface area contributed by atoms with E-state index in [-0.39, 0.29) is 17.5 Å². The molecule has 1 aromatic carbocycles. The molecule has 2 N–H and O–H groups in total. The van der Waals surface area contributed by atoms with Gasteiger partial charge in [-0.15, -0.1) is 0 Å². The number of aryl methyl sites for hydroxylation is 1. The summed E-state index contributed by atoms with van der Waals surface area (Å²) in [5, 5.41) is 2.98. The number of benzene rings is 1. The quantitative estimate of drug-likeness (QED) is 0.897. The Kier molecular flexibility index (Phi) is 4.35. The van der Waals surface area contributed by atoms with Crippen LogP contribution in [0.4, 0.5) is 0 Å². The summed E-state index contributed by atoms with van der Waals surface area (Å²) in [5.74, 6) is -0.186. The fraction of sp³-hybridized carbons (Fsp3) is 0.250. The number of hydrogen-bond acceptors (Lipinski definition) is 2. The van der Waals surface area contributed by atoms with Gasteiger partial charge in [-0.2, -0.15) is 0 Å². The number of amides is 1. The lowest BCUT2D eigenvalue weighted by Gasteiger charge is -2.17. The van der Waals surface area contributed by atoms with Crippen molar-refractivity contribution in [3.8, 4) is 0 Å². The number of H-pyrrole nitrogens is 1. The summed E-state index contributed by atoms with van der Waals surface area (Å²) < 4.78 is 0. The summed E-state index contributed by atoms with van der Waals surface area (Å²) in [6.45, 7) is 4.06. The number of carbonyl (C=O) groups excluding carboxylic acids is 1. The third-order valence-electron chi connectivity index (χ3n) is 3.24. The zero-order chi connectivity index (χ0) is 14.5. The van der Waals surface area contributed by atoms with E-state index < -0.39 is 0 Å². The van der Waals surface area contributed by atoms with Gasteiger partial charge in [0.2, 0.25) is 5.56 Å². The second-order valence-corrected chi connectivity index (χ2v) is 4.79. The van der Waals surface area contributed by atoms with E-state index in [0.29, 0.717) is 5.56 Å². The van der Waals surface area contributed by atoms with Gasteiger partial charge in [0.05, 0.1) is 11.6 Å². The fourth-order valence-corrected chi connectivity index (χ4v) is 2.01. The van der Waals surface area contributed by atoms with Crippen molar-refractivity contribution in [1.29, 1.82) is 0 Å². The minimum atomic E-state index is -0.216. The first kappa shape index (κ1) is 14.1. The summed E-state index contributed by atoms with van der Waals surface area (Å²) >= 11 is 0. The topological polar surface area (TPSA) is 62.0 Å². The normalized spacial score (nSPS) is 11.9. The maximum atomic E-state index is 12.1. The smallest absolute Gasteiger partial charge is 0.253 e. The highest BCUT2D eigenvalue weighted by molar-refractivity contribution is 5.94. The number of aromatic amines is 1. The Morgan fingerprint density at radius 3 is 2.45 bits per heavy atom. The summed E-state index contributed by atoms with van der Waals surface area (Å²) in [5.41, 5.74) is 2.51. The van der Waals surface area contributed by atoms with Crippen LogP contribution >= 0.6 is 0 Å². The van der Waals surface area contributed by atoms with Crippen molar-refractivity contribution in [3.63, 3.8) is 0 Å². The molecule has 4 nitrogen and oxygen atoms in total. The van der Waals surface area contributed by atoms with Crippen LogP contribution in [0, 0.1) is 6.92 Å². The molecule has 0 radical (unpaired) electrons. The Morgan fingerprint density at radius 2 is 1.90 bits per heavy atom. The number of rotatable bonds is 4. The van der Waals surface area contributed by atoms with E-state index in [0.717, 1.165) is 12.0 Å². The molecule has 1 aromatic heterocycles. The third kappa shape index (κ3) is 3.35. The fourth-order valence-electron chi connectivity index (χ4n) is 2.01. The Balaban J connectivity index is 2.13. The lowest BCUT2D eigenvalue weighted by Crippen LogP contribution is -2.28. The molecule has 1 unspecified atom stereocenters. The molecule has 0 bridgehead atoms. The Labute approximate surface area is 117 Å². The monoisotopic (exact) mass is 270 g/mol. The summed E-state index contributed by atoms with van der Waals surface area (Å²) in [6.07, 6.45) is 2.23. The van der Waals surface area contributed by atoms with Gasteiger partial charge >= 0.3 is 0 Å². The number of hydrogen-bond donors (Lipinski definition) is 2. The molecule has 0 aliphatic rings. The van der Waals surface area contributed by atoms with Crippen molar-refractivity contribution >= 4 is 5.91 Å². The van der Waals surface area contributed by atoms with Crippen LogP contribution in [0.15, 0.2) is 47.4 Å². The van der Waals surface area contributed by atoms with Crippen LogP contribution in [-0.2, 0) is 0 Å². The Morgan fingerprint density at radius 1 is 1.20 bits per heavy atom. The largest absolute Gasteiger partial charge is 0.345 e. The van der Waals surface area contributed by atoms with Crippen LogP contribution < -0.4 is 10.9 Å². The number of carbonyl (C=O) groups is 1. The molecule has 104 valence electrons. The molecular weight excluding hydrogens is 252 g/mol. The predicted octanol–water partition coefficient (Wildman–Crippen LogP) is 2.56. The SMILES string of the molecule is CCC(NC(=O)c1ccc(=O)[nH]c1)c1ccc(C)cc1. The summed E-state index contributed by atoms with van der Waals surface area (Å²) in [6, 6.07) is 11.0. The Hall–Kier alpha value is -2.36. The second kappa shape index (κ2) is 6.19. The average Bonchev–Trinajstić information content (AvgIpc) is 2.46. The van der Waals surface area contributed by atoms with Gasteiger partial charge in [0.15, 0.2) is 0 Å². The van der Waals surface area contributed by atoms with Gasteiger partial charge < -0.3 is 10.3 Å². The van der Waals surface area contributed by atoms with Gasteiger partial charge in [0.1, 0.15) is 0 Å². The molecule has 20 heavy (non-hydrogen) atoms. The maximum absolute atomic E-state index is 12.1. The molecule has 0 aliphatic carbocycles. The molecule has 2 aromatic rings. The average molecular weight is 270 g/mol. The molecule has 0 saturated heterocycles. The maximum Gasteiger partial charge on any atom is 0.253 e. The van der Waals surface area contributed by atoms with Crippen LogP contribution in [0.3, 0.4) is 0 Å². The number of pyridine rings is 1. The molecular formula is C16H18N2O2. The molecule has 4 heteroatoms. The van der Waals surface area contributed by atoms with Crippen LogP contribution in [0.5, 0.6) is 0 Å². The molecule has 1 heterocycles. The van der Waals surface area contributed by atoms with E-state index in [2.05, 4.69) is 10.3 Å². The standard InChI is InChI=1S/C16H18N2O2/c1-3-14(12-6-4-11(2)5-7-12)18-16(20)13-8-9-15(19)17-10-13/h4-10,14H,3H2,1-2H3,(H,17,19)(H,18,20). The van der Waals surface area contributed by atoms with Crippen molar-refractivity contribution in [2.45, 2.75) is 26.3 Å². The van der Waals surface area contributed by atoms with Gasteiger partial charge in [0.25, 0.3) is 5.91 Å². The van der Waals surface area contributed by atoms with Gasteiger partial charge in [-0.1, -0.05) is 36.8 Å². The Bertz CT molecular complexity index is 624. The zero-order valence-corrected chi connectivity index (χ0v) is 11.6. The minimum absolute atomic E-state index is 0.0324. The van der Waals surface area contributed by atoms with Crippen molar-refractivity contribution in [3.05, 3.63) is 69.6 Å². The van der Waals surface area contributed by atoms with Crippen molar-refractivity contribution in [1.82, 2.24) is 10.3 Å². The number of nitrogens with one attached hydrogen (secondary N) is 2. The van der Waals surface area contributed by atoms with E-state index in [1.807, 2.05) is 38.1 Å². The molecule has 0 saturated carbocycles. The van der Waals surface area contributed by atoms with Crippen LogP contribution in [-0.4, -0.2) is 10.9 Å². The van der Waals surface area contributed by atoms with Gasteiger partial charge in [-0.05, 0) is 25.0 Å². The first-order valence-corrected chi connectivity index (χ1v) is 6.66. The van der Waals surface area contributed by atoms with E-state index in [1.54, 1.807) is 0 Å². The molecule has 1 atom stereocenters. The van der Waals surface area contributed by atoms with Gasteiger partial charge in [-0.25, -0.2) is 0 Å². The lowest BCUT2D eigenvalue weighted by atomic mass is 10.0. The van der Waals surface area contributed by atoms with Gasteiger partial charge in [0, 0.05) is 12.3 Å². The highest BCUT2D eigenvalue weighted by atomic mass is 16.2. The van der Waals surface area contributed by atoms with E-state index in [9.17, 15) is 9.59 Å².